The first kappa shape index (κ1) is 30.3. The van der Waals surface area contributed by atoms with Gasteiger partial charge in [-0.2, -0.15) is 0 Å². The summed E-state index contributed by atoms with van der Waals surface area (Å²) in [6.07, 6.45) is 3.97. The Morgan fingerprint density at radius 1 is 1.00 bits per heavy atom. The Kier molecular flexibility index (Phi) is 10.6. The molecule has 1 saturated carbocycles. The third kappa shape index (κ3) is 7.68. The number of aryl methyl sites for hydroxylation is 2. The third-order valence-electron chi connectivity index (χ3n) is 7.69. The van der Waals surface area contributed by atoms with Crippen molar-refractivity contribution < 1.29 is 22.7 Å². The van der Waals surface area contributed by atoms with Crippen molar-refractivity contribution in [3.8, 4) is 5.75 Å². The Bertz CT molecular complexity index is 1050. The SMILES string of the molecule is COc1cc(C)c(S(=O)(=O)N(C)CCC(=O)NC2CCC(N3CCN(C(=O)CN(C)C)CC3)CC2)c(C)c1. The van der Waals surface area contributed by atoms with Crippen molar-refractivity contribution in [2.45, 2.75) is 62.9 Å². The van der Waals surface area contributed by atoms with Crippen molar-refractivity contribution >= 4 is 21.8 Å². The van der Waals surface area contributed by atoms with Gasteiger partial charge < -0.3 is 19.9 Å². The van der Waals surface area contributed by atoms with Crippen LogP contribution in [0.4, 0.5) is 0 Å². The summed E-state index contributed by atoms with van der Waals surface area (Å²) in [4.78, 5) is 31.6. The number of rotatable bonds is 10. The molecule has 1 aliphatic carbocycles. The molecule has 1 aromatic rings. The molecule has 0 spiro atoms. The molecule has 38 heavy (non-hydrogen) atoms. The Labute approximate surface area is 228 Å². The third-order valence-corrected chi connectivity index (χ3v) is 9.85. The highest BCUT2D eigenvalue weighted by atomic mass is 32.2. The number of hydrogen-bond donors (Lipinski definition) is 1. The summed E-state index contributed by atoms with van der Waals surface area (Å²) >= 11 is 0. The van der Waals surface area contributed by atoms with E-state index in [1.807, 2.05) is 23.9 Å². The molecule has 3 rings (SSSR count). The summed E-state index contributed by atoms with van der Waals surface area (Å²) < 4.78 is 32.9. The van der Waals surface area contributed by atoms with Gasteiger partial charge in [0.1, 0.15) is 5.75 Å². The number of amides is 2. The zero-order valence-corrected chi connectivity index (χ0v) is 24.6. The maximum absolute atomic E-state index is 13.2. The van der Waals surface area contributed by atoms with Gasteiger partial charge in [0, 0.05) is 58.3 Å². The molecule has 1 N–H and O–H groups in total. The Morgan fingerprint density at radius 2 is 1.58 bits per heavy atom. The van der Waals surface area contributed by atoms with Crippen LogP contribution in [0.2, 0.25) is 0 Å². The molecule has 10 nitrogen and oxygen atoms in total. The highest BCUT2D eigenvalue weighted by Gasteiger charge is 2.31. The number of nitrogens with zero attached hydrogens (tertiary/aromatic N) is 4. The second-order valence-electron chi connectivity index (χ2n) is 10.9. The standard InChI is InChI=1S/C27H45N5O5S/c1-20-17-24(37-6)18-21(2)27(20)38(35,36)30(5)12-11-25(33)28-22-7-9-23(10-8-22)31-13-15-32(16-14-31)26(34)19-29(3)4/h17-18,22-23H,7-16,19H2,1-6H3,(H,28,33). The number of piperazine rings is 1. The summed E-state index contributed by atoms with van der Waals surface area (Å²) in [6, 6.07) is 4.03. The van der Waals surface area contributed by atoms with Crippen LogP contribution in [0.1, 0.15) is 43.2 Å². The lowest BCUT2D eigenvalue weighted by Crippen LogP contribution is -2.54. The summed E-state index contributed by atoms with van der Waals surface area (Å²) in [5.74, 6) is 0.688. The predicted molar refractivity (Wildman–Crippen MR) is 148 cm³/mol. The molecule has 1 heterocycles. The quantitative estimate of drug-likeness (QED) is 0.470. The van der Waals surface area contributed by atoms with Gasteiger partial charge in [0.2, 0.25) is 21.8 Å². The minimum Gasteiger partial charge on any atom is -0.497 e. The minimum absolute atomic E-state index is 0.116. The van der Waals surface area contributed by atoms with Crippen molar-refractivity contribution in [3.05, 3.63) is 23.3 Å². The zero-order chi connectivity index (χ0) is 28.0. The monoisotopic (exact) mass is 551 g/mol. The van der Waals surface area contributed by atoms with Gasteiger partial charge in [0.05, 0.1) is 18.6 Å². The number of benzene rings is 1. The van der Waals surface area contributed by atoms with Crippen LogP contribution in [-0.4, -0.2) is 119 Å². The fourth-order valence-corrected chi connectivity index (χ4v) is 7.14. The molecule has 0 aromatic heterocycles. The molecule has 0 bridgehead atoms. The fourth-order valence-electron chi connectivity index (χ4n) is 5.56. The van der Waals surface area contributed by atoms with E-state index in [1.165, 1.54) is 11.4 Å². The molecule has 2 aliphatic rings. The first-order valence-electron chi connectivity index (χ1n) is 13.5. The van der Waals surface area contributed by atoms with Crippen molar-refractivity contribution in [2.75, 3.05) is 67.5 Å². The molecular weight excluding hydrogens is 506 g/mol. The van der Waals surface area contributed by atoms with Crippen LogP contribution in [0.5, 0.6) is 5.75 Å². The van der Waals surface area contributed by atoms with Crippen LogP contribution in [0, 0.1) is 13.8 Å². The second-order valence-corrected chi connectivity index (χ2v) is 12.9. The van der Waals surface area contributed by atoms with E-state index in [4.69, 9.17) is 4.74 Å². The van der Waals surface area contributed by atoms with Gasteiger partial charge in [0.15, 0.2) is 0 Å². The van der Waals surface area contributed by atoms with E-state index in [1.54, 1.807) is 33.1 Å². The average molecular weight is 552 g/mol. The lowest BCUT2D eigenvalue weighted by atomic mass is 9.89. The van der Waals surface area contributed by atoms with E-state index in [9.17, 15) is 18.0 Å². The van der Waals surface area contributed by atoms with E-state index in [0.717, 1.165) is 51.9 Å². The van der Waals surface area contributed by atoms with Crippen molar-refractivity contribution in [1.82, 2.24) is 24.3 Å². The van der Waals surface area contributed by atoms with Crippen LogP contribution >= 0.6 is 0 Å². The molecule has 214 valence electrons. The number of carbonyl (C=O) groups is 2. The lowest BCUT2D eigenvalue weighted by Gasteiger charge is -2.42. The van der Waals surface area contributed by atoms with E-state index in [-0.39, 0.29) is 35.7 Å². The van der Waals surface area contributed by atoms with Crippen molar-refractivity contribution in [2.24, 2.45) is 0 Å². The molecule has 11 heteroatoms. The topological polar surface area (TPSA) is 102 Å². The molecule has 2 amide bonds. The van der Waals surface area contributed by atoms with Crippen LogP contribution in [0.25, 0.3) is 0 Å². The van der Waals surface area contributed by atoms with Crippen LogP contribution in [0.15, 0.2) is 17.0 Å². The Hall–Kier alpha value is -2.21. The minimum atomic E-state index is -3.72. The molecule has 1 saturated heterocycles. The van der Waals surface area contributed by atoms with Gasteiger partial charge >= 0.3 is 0 Å². The highest BCUT2D eigenvalue weighted by molar-refractivity contribution is 7.89. The van der Waals surface area contributed by atoms with E-state index in [0.29, 0.717) is 29.5 Å². The first-order valence-corrected chi connectivity index (χ1v) is 14.9. The molecule has 0 atom stereocenters. The van der Waals surface area contributed by atoms with Crippen molar-refractivity contribution in [1.29, 1.82) is 0 Å². The maximum atomic E-state index is 13.2. The first-order chi connectivity index (χ1) is 17.9. The van der Waals surface area contributed by atoms with Crippen LogP contribution < -0.4 is 10.1 Å². The van der Waals surface area contributed by atoms with Gasteiger partial charge in [-0.05, 0) is 76.9 Å². The lowest BCUT2D eigenvalue weighted by molar-refractivity contribution is -0.134. The van der Waals surface area contributed by atoms with Gasteiger partial charge in [-0.3, -0.25) is 14.5 Å². The molecule has 1 aliphatic heterocycles. The van der Waals surface area contributed by atoms with E-state index in [2.05, 4.69) is 10.2 Å². The van der Waals surface area contributed by atoms with Gasteiger partial charge in [-0.15, -0.1) is 0 Å². The molecule has 0 radical (unpaired) electrons. The van der Waals surface area contributed by atoms with Gasteiger partial charge in [-0.25, -0.2) is 12.7 Å². The molecule has 2 fully saturated rings. The number of sulfonamides is 1. The number of carbonyl (C=O) groups excluding carboxylic acids is 2. The van der Waals surface area contributed by atoms with E-state index >= 15 is 0 Å². The zero-order valence-electron chi connectivity index (χ0n) is 23.8. The summed E-state index contributed by atoms with van der Waals surface area (Å²) in [6.45, 7) is 7.42. The van der Waals surface area contributed by atoms with E-state index < -0.39 is 10.0 Å². The predicted octanol–water partition coefficient (Wildman–Crippen LogP) is 1.46. The Morgan fingerprint density at radius 3 is 2.11 bits per heavy atom. The molecule has 0 unspecified atom stereocenters. The normalized spacial score (nSPS) is 21.1. The van der Waals surface area contributed by atoms with Crippen molar-refractivity contribution in [3.63, 3.8) is 0 Å². The summed E-state index contributed by atoms with van der Waals surface area (Å²) in [5.41, 5.74) is 1.24. The number of hydrogen-bond acceptors (Lipinski definition) is 7. The molecular formula is C27H45N5O5S. The highest BCUT2D eigenvalue weighted by Crippen LogP contribution is 2.28. The summed E-state index contributed by atoms with van der Waals surface area (Å²) in [5, 5.41) is 3.11. The largest absolute Gasteiger partial charge is 0.497 e. The van der Waals surface area contributed by atoms with Gasteiger partial charge in [-0.1, -0.05) is 0 Å². The smallest absolute Gasteiger partial charge is 0.243 e. The summed E-state index contributed by atoms with van der Waals surface area (Å²) in [7, 11) is 3.17. The number of methoxy groups -OCH3 is 1. The number of nitrogens with one attached hydrogen (secondary N) is 1. The Balaban J connectivity index is 1.42. The molecule has 1 aromatic carbocycles. The van der Waals surface area contributed by atoms with Gasteiger partial charge in [0.25, 0.3) is 0 Å². The second kappa shape index (κ2) is 13.2. The van der Waals surface area contributed by atoms with Crippen LogP contribution in [-0.2, 0) is 19.6 Å². The fraction of sp³-hybridized carbons (Fsp3) is 0.704. The number of likely N-dealkylation sites (N-methyl/N-ethyl adjacent to an activating group) is 1. The average Bonchev–Trinajstić information content (AvgIpc) is 2.86. The number of ether oxygens (including phenoxy) is 1. The maximum Gasteiger partial charge on any atom is 0.243 e. The van der Waals surface area contributed by atoms with Crippen LogP contribution in [0.3, 0.4) is 0 Å².